The van der Waals surface area contributed by atoms with Crippen molar-refractivity contribution in [2.75, 3.05) is 7.05 Å². The lowest BCUT2D eigenvalue weighted by molar-refractivity contribution is 1.03. The third kappa shape index (κ3) is 7.51. The van der Waals surface area contributed by atoms with E-state index in [2.05, 4.69) is 44.8 Å². The summed E-state index contributed by atoms with van der Waals surface area (Å²) in [6.45, 7) is 8.59. The Balaban J connectivity index is 0.000000318. The topological polar surface area (TPSA) is 12.4 Å². The summed E-state index contributed by atoms with van der Waals surface area (Å²) in [7, 11) is 1.82. The normalized spacial score (nSPS) is 11.8. The van der Waals surface area contributed by atoms with Crippen LogP contribution in [-0.4, -0.2) is 13.3 Å². The molecule has 1 aromatic rings. The van der Waals surface area contributed by atoms with E-state index in [0.29, 0.717) is 0 Å². The summed E-state index contributed by atoms with van der Waals surface area (Å²) in [5.74, 6) is 0. The van der Waals surface area contributed by atoms with Gasteiger partial charge in [-0.05, 0) is 32.3 Å². The van der Waals surface area contributed by atoms with E-state index in [1.54, 1.807) is 0 Å². The van der Waals surface area contributed by atoms with Crippen LogP contribution in [0.3, 0.4) is 0 Å². The summed E-state index contributed by atoms with van der Waals surface area (Å²) in [5.41, 5.74) is 4.15. The van der Waals surface area contributed by atoms with E-state index in [0.717, 1.165) is 12.8 Å². The molecule has 1 heteroatoms. The van der Waals surface area contributed by atoms with E-state index in [1.807, 2.05) is 31.5 Å². The lowest BCUT2D eigenvalue weighted by atomic mass is 10.1. The van der Waals surface area contributed by atoms with E-state index in [9.17, 15) is 0 Å². The average Bonchev–Trinajstić information content (AvgIpc) is 2.36. The third-order valence-corrected chi connectivity index (χ3v) is 2.68. The van der Waals surface area contributed by atoms with Gasteiger partial charge in [0.05, 0.1) is 0 Å². The quantitative estimate of drug-likeness (QED) is 0.661. The molecule has 0 aliphatic heterocycles. The summed E-state index contributed by atoms with van der Waals surface area (Å²) >= 11 is 0. The minimum Gasteiger partial charge on any atom is -0.296 e. The van der Waals surface area contributed by atoms with Gasteiger partial charge in [-0.1, -0.05) is 55.3 Å². The maximum Gasteiger partial charge on any atom is 0.0277 e. The van der Waals surface area contributed by atoms with Gasteiger partial charge >= 0.3 is 0 Å². The molecule has 1 aromatic carbocycles. The fraction of sp³-hybridized carbons (Fsp3) is 0.438. The van der Waals surface area contributed by atoms with Crippen LogP contribution in [0.25, 0.3) is 0 Å². The molecule has 1 nitrogen and oxygen atoms in total. The standard InChI is InChI=1S/C9H17N.C7H8/c1-5-8(3)9(6-2)7-10-4;1-7-5-3-2-4-6-7/h7H,5-6H2,1-4H3;2-6H,1H3/b9-8+,10-7?;. The highest BCUT2D eigenvalue weighted by Gasteiger charge is 1.92. The second-order valence-corrected chi connectivity index (χ2v) is 4.05. The van der Waals surface area contributed by atoms with Crippen molar-refractivity contribution in [1.82, 2.24) is 0 Å². The molecule has 0 unspecified atom stereocenters. The van der Waals surface area contributed by atoms with Crippen LogP contribution in [-0.2, 0) is 0 Å². The number of hydrogen-bond acceptors (Lipinski definition) is 1. The first-order chi connectivity index (χ1) is 8.15. The molecule has 0 heterocycles. The highest BCUT2D eigenvalue weighted by Crippen LogP contribution is 2.08. The molecule has 0 radical (unpaired) electrons. The van der Waals surface area contributed by atoms with Crippen LogP contribution < -0.4 is 0 Å². The summed E-state index contributed by atoms with van der Waals surface area (Å²) in [5, 5.41) is 0. The Bertz CT molecular complexity index is 347. The third-order valence-electron chi connectivity index (χ3n) is 2.68. The van der Waals surface area contributed by atoms with Crippen molar-refractivity contribution in [3.8, 4) is 0 Å². The van der Waals surface area contributed by atoms with Gasteiger partial charge in [0.15, 0.2) is 0 Å². The zero-order valence-corrected chi connectivity index (χ0v) is 11.8. The van der Waals surface area contributed by atoms with Gasteiger partial charge in [-0.2, -0.15) is 0 Å². The van der Waals surface area contributed by atoms with Crippen LogP contribution in [0.4, 0.5) is 0 Å². The highest BCUT2D eigenvalue weighted by atomic mass is 14.6. The summed E-state index contributed by atoms with van der Waals surface area (Å²) in [4.78, 5) is 3.99. The Morgan fingerprint density at radius 2 is 1.71 bits per heavy atom. The van der Waals surface area contributed by atoms with Crippen LogP contribution >= 0.6 is 0 Å². The van der Waals surface area contributed by atoms with Gasteiger partial charge in [-0.3, -0.25) is 4.99 Å². The first-order valence-corrected chi connectivity index (χ1v) is 6.28. The number of aliphatic imine (C=N–C) groups is 1. The number of benzene rings is 1. The number of nitrogens with zero attached hydrogens (tertiary/aromatic N) is 1. The molecular weight excluding hydrogens is 206 g/mol. The SMILES string of the molecule is CC/C(C)=C(/C=NC)CC.Cc1ccccc1. The minimum absolute atomic E-state index is 1.09. The van der Waals surface area contributed by atoms with Gasteiger partial charge in [0, 0.05) is 13.3 Å². The molecule has 0 bridgehead atoms. The molecule has 0 fully saturated rings. The van der Waals surface area contributed by atoms with Crippen LogP contribution in [0.2, 0.25) is 0 Å². The minimum atomic E-state index is 1.09. The first kappa shape index (κ1) is 15.6. The molecule has 0 saturated heterocycles. The first-order valence-electron chi connectivity index (χ1n) is 6.28. The van der Waals surface area contributed by atoms with Crippen molar-refractivity contribution in [3.63, 3.8) is 0 Å². The molecule has 0 aromatic heterocycles. The molecule has 17 heavy (non-hydrogen) atoms. The van der Waals surface area contributed by atoms with Crippen LogP contribution in [0.1, 0.15) is 39.2 Å². The lowest BCUT2D eigenvalue weighted by Gasteiger charge is -2.01. The predicted molar refractivity (Wildman–Crippen MR) is 78.9 cm³/mol. The van der Waals surface area contributed by atoms with Crippen molar-refractivity contribution >= 4 is 6.21 Å². The van der Waals surface area contributed by atoms with E-state index in [-0.39, 0.29) is 0 Å². The van der Waals surface area contributed by atoms with E-state index >= 15 is 0 Å². The molecule has 1 rings (SSSR count). The van der Waals surface area contributed by atoms with Gasteiger partial charge < -0.3 is 0 Å². The Kier molecular flexibility index (Phi) is 9.04. The van der Waals surface area contributed by atoms with Crippen LogP contribution in [0, 0.1) is 6.92 Å². The maximum atomic E-state index is 3.99. The Hall–Kier alpha value is -1.37. The Morgan fingerprint density at radius 3 is 2.00 bits per heavy atom. The average molecular weight is 231 g/mol. The van der Waals surface area contributed by atoms with Gasteiger partial charge in [0.2, 0.25) is 0 Å². The van der Waals surface area contributed by atoms with E-state index < -0.39 is 0 Å². The van der Waals surface area contributed by atoms with Crippen molar-refractivity contribution in [2.45, 2.75) is 40.5 Å². The van der Waals surface area contributed by atoms with Crippen molar-refractivity contribution in [2.24, 2.45) is 4.99 Å². The van der Waals surface area contributed by atoms with Crippen molar-refractivity contribution in [3.05, 3.63) is 47.0 Å². The fourth-order valence-corrected chi connectivity index (χ4v) is 1.42. The van der Waals surface area contributed by atoms with Gasteiger partial charge in [-0.15, -0.1) is 0 Å². The zero-order valence-electron chi connectivity index (χ0n) is 11.8. The maximum absolute atomic E-state index is 3.99. The second-order valence-electron chi connectivity index (χ2n) is 4.05. The molecule has 94 valence electrons. The van der Waals surface area contributed by atoms with Crippen molar-refractivity contribution in [1.29, 1.82) is 0 Å². The monoisotopic (exact) mass is 231 g/mol. The molecule has 0 saturated carbocycles. The van der Waals surface area contributed by atoms with Gasteiger partial charge in [0.25, 0.3) is 0 Å². The van der Waals surface area contributed by atoms with Crippen LogP contribution in [0.15, 0.2) is 46.5 Å². The number of allylic oxidation sites excluding steroid dienone is 2. The zero-order chi connectivity index (χ0) is 13.1. The lowest BCUT2D eigenvalue weighted by Crippen LogP contribution is -1.87. The predicted octanol–water partition coefficient (Wildman–Crippen LogP) is 4.82. The molecule has 0 aliphatic rings. The largest absolute Gasteiger partial charge is 0.296 e. The number of rotatable bonds is 3. The summed E-state index contributed by atoms with van der Waals surface area (Å²) in [6, 6.07) is 10.3. The number of hydrogen-bond donors (Lipinski definition) is 0. The molecule has 0 N–H and O–H groups in total. The van der Waals surface area contributed by atoms with E-state index in [1.165, 1.54) is 16.7 Å². The van der Waals surface area contributed by atoms with Crippen molar-refractivity contribution < 1.29 is 0 Å². The Morgan fingerprint density at radius 1 is 1.12 bits per heavy atom. The van der Waals surface area contributed by atoms with Gasteiger partial charge in [0.1, 0.15) is 0 Å². The second kappa shape index (κ2) is 9.83. The molecule has 0 spiro atoms. The van der Waals surface area contributed by atoms with Crippen LogP contribution in [0.5, 0.6) is 0 Å². The smallest absolute Gasteiger partial charge is 0.0277 e. The highest BCUT2D eigenvalue weighted by molar-refractivity contribution is 5.79. The molecule has 0 amide bonds. The molecular formula is C16H25N. The fourth-order valence-electron chi connectivity index (χ4n) is 1.42. The number of aryl methyl sites for hydroxylation is 1. The summed E-state index contributed by atoms with van der Waals surface area (Å²) in [6.07, 6.45) is 4.19. The molecule has 0 aliphatic carbocycles. The van der Waals surface area contributed by atoms with E-state index in [4.69, 9.17) is 0 Å². The molecule has 0 atom stereocenters. The summed E-state index contributed by atoms with van der Waals surface area (Å²) < 4.78 is 0. The Labute approximate surface area is 106 Å². The van der Waals surface area contributed by atoms with Gasteiger partial charge in [-0.25, -0.2) is 0 Å².